The molecule has 0 bridgehead atoms. The van der Waals surface area contributed by atoms with Crippen molar-refractivity contribution in [1.29, 1.82) is 0 Å². The molecule has 0 saturated heterocycles. The first-order valence-corrected chi connectivity index (χ1v) is 4.14. The summed E-state index contributed by atoms with van der Waals surface area (Å²) in [4.78, 5) is 0. The van der Waals surface area contributed by atoms with Crippen LogP contribution in [0.3, 0.4) is 0 Å². The zero-order chi connectivity index (χ0) is 10.0. The van der Waals surface area contributed by atoms with E-state index in [2.05, 4.69) is 27.6 Å². The van der Waals surface area contributed by atoms with Gasteiger partial charge in [0.05, 0.1) is 6.61 Å². The van der Waals surface area contributed by atoms with E-state index in [-0.39, 0.29) is 6.61 Å². The minimum Gasteiger partial charge on any atom is -0.391 e. The fourth-order valence-corrected chi connectivity index (χ4v) is 1.30. The highest BCUT2D eigenvalue weighted by atomic mass is 16.3. The molecule has 1 aliphatic rings. The Morgan fingerprint density at radius 2 is 2.00 bits per heavy atom. The smallest absolute Gasteiger partial charge is 0.242 e. The number of benzene rings is 1. The second kappa shape index (κ2) is 3.26. The molecule has 14 heavy (non-hydrogen) atoms. The van der Waals surface area contributed by atoms with Gasteiger partial charge in [0.2, 0.25) is 5.66 Å². The van der Waals surface area contributed by atoms with Gasteiger partial charge in [0.25, 0.3) is 0 Å². The van der Waals surface area contributed by atoms with Gasteiger partial charge in [-0.2, -0.15) is 0 Å². The van der Waals surface area contributed by atoms with Crippen LogP contribution in [-0.2, 0) is 5.66 Å². The molecule has 0 atom stereocenters. The summed E-state index contributed by atoms with van der Waals surface area (Å²) in [7, 11) is 0. The molecule has 0 aromatic heterocycles. The lowest BCUT2D eigenvalue weighted by Gasteiger charge is -2.16. The molecule has 5 heteroatoms. The van der Waals surface area contributed by atoms with E-state index < -0.39 is 5.66 Å². The number of aliphatic hydroxyl groups is 1. The molecule has 0 saturated carbocycles. The average Bonchev–Trinajstić information content (AvgIpc) is 2.67. The zero-order valence-corrected chi connectivity index (χ0v) is 7.46. The summed E-state index contributed by atoms with van der Waals surface area (Å²) in [6.45, 7) is 3.55. The lowest BCUT2D eigenvalue weighted by Crippen LogP contribution is -2.23. The molecular weight excluding hydrogens is 180 g/mol. The Morgan fingerprint density at radius 3 is 2.57 bits per heavy atom. The number of rotatable bonds is 2. The molecule has 1 radical (unpaired) electrons. The summed E-state index contributed by atoms with van der Waals surface area (Å²) < 4.78 is 0. The van der Waals surface area contributed by atoms with Gasteiger partial charge in [0.1, 0.15) is 0 Å². The Balaban J connectivity index is 2.47. The first kappa shape index (κ1) is 8.96. The maximum absolute atomic E-state index is 9.23. The van der Waals surface area contributed by atoms with Crippen molar-refractivity contribution in [2.24, 2.45) is 20.7 Å². The van der Waals surface area contributed by atoms with Gasteiger partial charge in [0, 0.05) is 5.56 Å². The second-order valence-corrected chi connectivity index (χ2v) is 3.05. The van der Waals surface area contributed by atoms with Gasteiger partial charge in [-0.3, -0.25) is 0 Å². The van der Waals surface area contributed by atoms with Gasteiger partial charge in [-0.15, -0.1) is 10.2 Å². The minimum absolute atomic E-state index is 0.247. The van der Waals surface area contributed by atoms with E-state index in [4.69, 9.17) is 0 Å². The maximum Gasteiger partial charge on any atom is 0.242 e. The first-order valence-electron chi connectivity index (χ1n) is 4.14. The fourth-order valence-electron chi connectivity index (χ4n) is 1.30. The van der Waals surface area contributed by atoms with Crippen LogP contribution in [-0.4, -0.2) is 11.7 Å². The van der Waals surface area contributed by atoms with Crippen molar-refractivity contribution < 1.29 is 5.11 Å². The quantitative estimate of drug-likeness (QED) is 0.757. The third kappa shape index (κ3) is 1.31. The highest BCUT2D eigenvalue weighted by Gasteiger charge is 2.34. The van der Waals surface area contributed by atoms with Crippen molar-refractivity contribution in [3.05, 3.63) is 42.3 Å². The largest absolute Gasteiger partial charge is 0.391 e. The van der Waals surface area contributed by atoms with Crippen LogP contribution in [0.4, 0.5) is 0 Å². The standard InChI is InChI=1S/C9H9N4O/c1-7-3-2-4-8(5-7)9(6-14)10-12-13-11-9/h2-5,14H,1,6H2. The summed E-state index contributed by atoms with van der Waals surface area (Å²) >= 11 is 0. The van der Waals surface area contributed by atoms with Gasteiger partial charge >= 0.3 is 0 Å². The third-order valence-electron chi connectivity index (χ3n) is 2.07. The van der Waals surface area contributed by atoms with E-state index in [1.165, 1.54) is 0 Å². The number of aliphatic hydroxyl groups excluding tert-OH is 1. The molecule has 0 unspecified atom stereocenters. The van der Waals surface area contributed by atoms with Crippen LogP contribution in [0.1, 0.15) is 11.1 Å². The maximum atomic E-state index is 9.23. The van der Waals surface area contributed by atoms with Crippen molar-refractivity contribution >= 4 is 0 Å². The molecule has 0 fully saturated rings. The summed E-state index contributed by atoms with van der Waals surface area (Å²) in [6.07, 6.45) is 0. The SMILES string of the molecule is [CH2]c1cccc(C2(CO)N=NN=N2)c1. The average molecular weight is 189 g/mol. The predicted molar refractivity (Wildman–Crippen MR) is 49.4 cm³/mol. The topological polar surface area (TPSA) is 69.7 Å². The Hall–Kier alpha value is -1.62. The van der Waals surface area contributed by atoms with Crippen molar-refractivity contribution in [3.8, 4) is 0 Å². The molecular formula is C9H9N4O. The first-order chi connectivity index (χ1) is 6.77. The van der Waals surface area contributed by atoms with Crippen LogP contribution in [0, 0.1) is 6.92 Å². The van der Waals surface area contributed by atoms with Crippen LogP contribution in [0.25, 0.3) is 0 Å². The third-order valence-corrected chi connectivity index (χ3v) is 2.07. The molecule has 5 nitrogen and oxygen atoms in total. The molecule has 1 heterocycles. The van der Waals surface area contributed by atoms with Gasteiger partial charge in [-0.25, -0.2) is 0 Å². The van der Waals surface area contributed by atoms with Crippen molar-refractivity contribution in [3.63, 3.8) is 0 Å². The number of nitrogens with zero attached hydrogens (tertiary/aromatic N) is 4. The molecule has 0 amide bonds. The predicted octanol–water partition coefficient (Wildman–Crippen LogP) is 1.85. The Kier molecular flexibility index (Phi) is 2.09. The van der Waals surface area contributed by atoms with Crippen LogP contribution in [0.15, 0.2) is 44.9 Å². The Labute approximate surface area is 81.2 Å². The molecule has 1 N–H and O–H groups in total. The molecule has 71 valence electrons. The molecule has 0 aliphatic carbocycles. The van der Waals surface area contributed by atoms with E-state index in [1.807, 2.05) is 18.2 Å². The molecule has 0 spiro atoms. The van der Waals surface area contributed by atoms with Gasteiger partial charge < -0.3 is 5.11 Å². The molecule has 1 aromatic carbocycles. The van der Waals surface area contributed by atoms with E-state index in [9.17, 15) is 5.11 Å². The van der Waals surface area contributed by atoms with E-state index >= 15 is 0 Å². The summed E-state index contributed by atoms with van der Waals surface area (Å²) in [6, 6.07) is 7.31. The molecule has 2 rings (SSSR count). The van der Waals surface area contributed by atoms with Crippen molar-refractivity contribution in [2.45, 2.75) is 5.66 Å². The number of hydrogen-bond acceptors (Lipinski definition) is 5. The normalized spacial score (nSPS) is 17.6. The molecule has 1 aliphatic heterocycles. The van der Waals surface area contributed by atoms with Crippen LogP contribution in [0.5, 0.6) is 0 Å². The lowest BCUT2D eigenvalue weighted by molar-refractivity contribution is 0.202. The number of hydrogen-bond donors (Lipinski definition) is 1. The van der Waals surface area contributed by atoms with Gasteiger partial charge in [0.15, 0.2) is 0 Å². The van der Waals surface area contributed by atoms with Gasteiger partial charge in [-0.05, 0) is 22.9 Å². The van der Waals surface area contributed by atoms with E-state index in [0.29, 0.717) is 0 Å². The molecule has 1 aromatic rings. The van der Waals surface area contributed by atoms with Crippen molar-refractivity contribution in [2.75, 3.05) is 6.61 Å². The van der Waals surface area contributed by atoms with Crippen LogP contribution >= 0.6 is 0 Å². The van der Waals surface area contributed by atoms with E-state index in [0.717, 1.165) is 11.1 Å². The van der Waals surface area contributed by atoms with Gasteiger partial charge in [-0.1, -0.05) is 24.3 Å². The van der Waals surface area contributed by atoms with Crippen LogP contribution in [0.2, 0.25) is 0 Å². The minimum atomic E-state index is -1.05. The monoisotopic (exact) mass is 189 g/mol. The highest BCUT2D eigenvalue weighted by molar-refractivity contribution is 5.31. The zero-order valence-electron chi connectivity index (χ0n) is 7.46. The van der Waals surface area contributed by atoms with Crippen LogP contribution < -0.4 is 0 Å². The lowest BCUT2D eigenvalue weighted by atomic mass is 10.0. The second-order valence-electron chi connectivity index (χ2n) is 3.05. The van der Waals surface area contributed by atoms with E-state index in [1.54, 1.807) is 6.07 Å². The summed E-state index contributed by atoms with van der Waals surface area (Å²) in [5.74, 6) is 0. The fraction of sp³-hybridized carbons (Fsp3) is 0.222. The summed E-state index contributed by atoms with van der Waals surface area (Å²) in [5.41, 5.74) is 0.540. The Bertz CT molecular complexity index is 388. The Morgan fingerprint density at radius 1 is 1.29 bits per heavy atom. The highest BCUT2D eigenvalue weighted by Crippen LogP contribution is 2.31. The van der Waals surface area contributed by atoms with Crippen molar-refractivity contribution in [1.82, 2.24) is 0 Å². The summed E-state index contributed by atoms with van der Waals surface area (Å²) in [5, 5.41) is 23.7.